The van der Waals surface area contributed by atoms with Gasteiger partial charge in [0.2, 0.25) is 5.91 Å². The van der Waals surface area contributed by atoms with Crippen LogP contribution in [0.2, 0.25) is 0 Å². The van der Waals surface area contributed by atoms with E-state index in [0.29, 0.717) is 32.0 Å². The number of benzene rings is 1. The minimum Gasteiger partial charge on any atom is -0.353 e. The van der Waals surface area contributed by atoms with Crippen molar-refractivity contribution >= 4 is 33.8 Å². The summed E-state index contributed by atoms with van der Waals surface area (Å²) in [5.41, 5.74) is 1.95. The van der Waals surface area contributed by atoms with Crippen LogP contribution in [-0.4, -0.2) is 47.7 Å². The van der Waals surface area contributed by atoms with Crippen molar-refractivity contribution in [2.24, 2.45) is 0 Å². The van der Waals surface area contributed by atoms with E-state index in [-0.39, 0.29) is 5.91 Å². The van der Waals surface area contributed by atoms with Crippen LogP contribution >= 0.6 is 11.3 Å². The third-order valence-corrected chi connectivity index (χ3v) is 5.15. The lowest BCUT2D eigenvalue weighted by Gasteiger charge is -2.35. The number of hydrogen-bond acceptors (Lipinski definition) is 4. The van der Waals surface area contributed by atoms with Gasteiger partial charge in [-0.3, -0.25) is 10.2 Å². The fourth-order valence-corrected chi connectivity index (χ4v) is 3.78. The van der Waals surface area contributed by atoms with Gasteiger partial charge in [-0.25, -0.2) is 0 Å². The van der Waals surface area contributed by atoms with E-state index in [4.69, 9.17) is 5.41 Å². The summed E-state index contributed by atoms with van der Waals surface area (Å²) in [5, 5.41) is 13.0. The first kappa shape index (κ1) is 16.5. The lowest BCUT2D eigenvalue weighted by molar-refractivity contribution is -0.130. The Labute approximate surface area is 146 Å². The number of nitrogens with one attached hydrogen (secondary N) is 2. The summed E-state index contributed by atoms with van der Waals surface area (Å²) in [7, 11) is 0. The van der Waals surface area contributed by atoms with Crippen molar-refractivity contribution in [2.75, 3.05) is 31.5 Å². The standard InChI is InChI=1S/C18H22N4OS/c1-13-12-16(18(24-13)20-15-6-4-3-5-7-15)17(19)22-10-8-21(9-11-22)14(2)23/h3-7,12,19-20H,8-11H2,1-2H3. The Morgan fingerprint density at radius 3 is 2.38 bits per heavy atom. The van der Waals surface area contributed by atoms with Gasteiger partial charge in [0.1, 0.15) is 10.8 Å². The van der Waals surface area contributed by atoms with Crippen LogP contribution in [-0.2, 0) is 4.79 Å². The highest BCUT2D eigenvalue weighted by Crippen LogP contribution is 2.31. The number of anilines is 2. The van der Waals surface area contributed by atoms with Gasteiger partial charge in [0.05, 0.1) is 5.56 Å². The first-order valence-electron chi connectivity index (χ1n) is 8.06. The number of amides is 1. The van der Waals surface area contributed by atoms with Crippen LogP contribution in [0.15, 0.2) is 36.4 Å². The molecule has 6 heteroatoms. The normalized spacial score (nSPS) is 14.6. The second-order valence-corrected chi connectivity index (χ2v) is 7.19. The molecule has 0 spiro atoms. The predicted octanol–water partition coefficient (Wildman–Crippen LogP) is 3.29. The molecule has 1 fully saturated rings. The molecule has 3 rings (SSSR count). The van der Waals surface area contributed by atoms with Crippen molar-refractivity contribution in [3.63, 3.8) is 0 Å². The average molecular weight is 342 g/mol. The molecule has 1 aromatic heterocycles. The third-order valence-electron chi connectivity index (χ3n) is 4.18. The molecule has 5 nitrogen and oxygen atoms in total. The second kappa shape index (κ2) is 7.05. The number of hydrogen-bond donors (Lipinski definition) is 2. The van der Waals surface area contributed by atoms with Gasteiger partial charge in [-0.15, -0.1) is 11.3 Å². The van der Waals surface area contributed by atoms with E-state index in [0.717, 1.165) is 16.3 Å². The zero-order valence-electron chi connectivity index (χ0n) is 14.0. The van der Waals surface area contributed by atoms with E-state index >= 15 is 0 Å². The molecule has 0 atom stereocenters. The first-order valence-corrected chi connectivity index (χ1v) is 8.88. The van der Waals surface area contributed by atoms with Crippen LogP contribution in [0.5, 0.6) is 0 Å². The molecule has 24 heavy (non-hydrogen) atoms. The van der Waals surface area contributed by atoms with E-state index in [2.05, 4.69) is 23.2 Å². The maximum atomic E-state index is 11.5. The summed E-state index contributed by atoms with van der Waals surface area (Å²) < 4.78 is 0. The number of rotatable bonds is 3. The molecule has 0 saturated carbocycles. The summed E-state index contributed by atoms with van der Waals surface area (Å²) >= 11 is 1.66. The molecular weight excluding hydrogens is 320 g/mol. The predicted molar refractivity (Wildman–Crippen MR) is 99.4 cm³/mol. The van der Waals surface area contributed by atoms with Gasteiger partial charge in [-0.2, -0.15) is 0 Å². The van der Waals surface area contributed by atoms with Gasteiger partial charge in [0.25, 0.3) is 0 Å². The Morgan fingerprint density at radius 1 is 1.12 bits per heavy atom. The SMILES string of the molecule is CC(=O)N1CCN(C(=N)c2cc(C)sc2Nc2ccccc2)CC1. The summed E-state index contributed by atoms with van der Waals surface area (Å²) in [4.78, 5) is 16.5. The molecule has 1 aliphatic heterocycles. The molecule has 2 heterocycles. The summed E-state index contributed by atoms with van der Waals surface area (Å²) in [6.45, 7) is 6.44. The number of carbonyl (C=O) groups excluding carboxylic acids is 1. The Kier molecular flexibility index (Phi) is 4.85. The Balaban J connectivity index is 1.75. The van der Waals surface area contributed by atoms with Crippen LogP contribution in [0.3, 0.4) is 0 Å². The Hall–Kier alpha value is -2.34. The number of thiophene rings is 1. The lowest BCUT2D eigenvalue weighted by Crippen LogP contribution is -2.50. The monoisotopic (exact) mass is 342 g/mol. The van der Waals surface area contributed by atoms with Gasteiger partial charge in [0.15, 0.2) is 0 Å². The molecule has 1 saturated heterocycles. The van der Waals surface area contributed by atoms with Gasteiger partial charge < -0.3 is 15.1 Å². The molecule has 2 aromatic rings. The van der Waals surface area contributed by atoms with E-state index in [1.165, 1.54) is 4.88 Å². The fourth-order valence-electron chi connectivity index (χ4n) is 2.85. The molecule has 0 unspecified atom stereocenters. The van der Waals surface area contributed by atoms with Gasteiger partial charge in [0, 0.05) is 43.7 Å². The van der Waals surface area contributed by atoms with Crippen molar-refractivity contribution in [1.29, 1.82) is 5.41 Å². The largest absolute Gasteiger partial charge is 0.353 e. The van der Waals surface area contributed by atoms with E-state index in [1.54, 1.807) is 18.3 Å². The van der Waals surface area contributed by atoms with E-state index in [1.807, 2.05) is 35.2 Å². The Morgan fingerprint density at radius 2 is 1.75 bits per heavy atom. The minimum absolute atomic E-state index is 0.110. The first-order chi connectivity index (χ1) is 11.5. The fraction of sp³-hybridized carbons (Fsp3) is 0.333. The topological polar surface area (TPSA) is 59.4 Å². The van der Waals surface area contributed by atoms with E-state index < -0.39 is 0 Å². The number of nitrogens with zero attached hydrogens (tertiary/aromatic N) is 2. The molecule has 126 valence electrons. The quantitative estimate of drug-likeness (QED) is 0.665. The second-order valence-electron chi connectivity index (χ2n) is 5.93. The summed E-state index contributed by atoms with van der Waals surface area (Å²) in [6.07, 6.45) is 0. The zero-order chi connectivity index (χ0) is 17.1. The van der Waals surface area contributed by atoms with Crippen LogP contribution in [0.25, 0.3) is 0 Å². The molecule has 1 amide bonds. The number of aryl methyl sites for hydroxylation is 1. The van der Waals surface area contributed by atoms with Crippen molar-refractivity contribution in [3.8, 4) is 0 Å². The van der Waals surface area contributed by atoms with E-state index in [9.17, 15) is 4.79 Å². The third kappa shape index (κ3) is 3.59. The van der Waals surface area contributed by atoms with Crippen molar-refractivity contribution in [3.05, 3.63) is 46.8 Å². The molecule has 0 bridgehead atoms. The van der Waals surface area contributed by atoms with Crippen LogP contribution in [0, 0.1) is 12.3 Å². The lowest BCUT2D eigenvalue weighted by atomic mass is 10.2. The van der Waals surface area contributed by atoms with Crippen LogP contribution in [0.4, 0.5) is 10.7 Å². The van der Waals surface area contributed by atoms with Gasteiger partial charge >= 0.3 is 0 Å². The molecule has 0 radical (unpaired) electrons. The highest BCUT2D eigenvalue weighted by atomic mass is 32.1. The zero-order valence-corrected chi connectivity index (χ0v) is 14.8. The van der Waals surface area contributed by atoms with Crippen molar-refractivity contribution < 1.29 is 4.79 Å². The molecule has 0 aliphatic carbocycles. The van der Waals surface area contributed by atoms with Gasteiger partial charge in [-0.1, -0.05) is 18.2 Å². The molecule has 2 N–H and O–H groups in total. The summed E-state index contributed by atoms with van der Waals surface area (Å²) in [6, 6.07) is 12.1. The number of amidine groups is 1. The van der Waals surface area contributed by atoms with Crippen molar-refractivity contribution in [1.82, 2.24) is 9.80 Å². The highest BCUT2D eigenvalue weighted by molar-refractivity contribution is 7.16. The maximum absolute atomic E-state index is 11.5. The molecule has 1 aromatic carbocycles. The summed E-state index contributed by atoms with van der Waals surface area (Å²) in [5.74, 6) is 0.639. The highest BCUT2D eigenvalue weighted by Gasteiger charge is 2.23. The molecular formula is C18H22N4OS. The number of piperazine rings is 1. The molecule has 1 aliphatic rings. The van der Waals surface area contributed by atoms with Crippen LogP contribution < -0.4 is 5.32 Å². The Bertz CT molecular complexity index is 733. The maximum Gasteiger partial charge on any atom is 0.219 e. The van der Waals surface area contributed by atoms with Gasteiger partial charge in [-0.05, 0) is 25.1 Å². The average Bonchev–Trinajstić information content (AvgIpc) is 2.95. The van der Waals surface area contributed by atoms with Crippen LogP contribution in [0.1, 0.15) is 17.4 Å². The van der Waals surface area contributed by atoms with Crippen molar-refractivity contribution in [2.45, 2.75) is 13.8 Å². The smallest absolute Gasteiger partial charge is 0.219 e. The number of para-hydroxylation sites is 1. The number of carbonyl (C=O) groups is 1. The minimum atomic E-state index is 0.110.